The van der Waals surface area contributed by atoms with Gasteiger partial charge in [0.05, 0.1) is 5.02 Å². The molecule has 0 amide bonds. The van der Waals surface area contributed by atoms with Gasteiger partial charge in [0.15, 0.2) is 11.5 Å². The van der Waals surface area contributed by atoms with Crippen LogP contribution in [-0.2, 0) is 6.54 Å². The van der Waals surface area contributed by atoms with Crippen molar-refractivity contribution in [2.75, 3.05) is 26.3 Å². The van der Waals surface area contributed by atoms with Crippen molar-refractivity contribution in [3.8, 4) is 11.5 Å². The molecule has 2 aliphatic rings. The van der Waals surface area contributed by atoms with Gasteiger partial charge in [0.2, 0.25) is 0 Å². The number of fused-ring (bicyclic) bond motifs is 1. The number of nitrogens with zero attached hydrogens (tertiary/aromatic N) is 1. The van der Waals surface area contributed by atoms with E-state index >= 15 is 0 Å². The molecule has 98 valence electrons. The van der Waals surface area contributed by atoms with Gasteiger partial charge in [0.1, 0.15) is 13.2 Å². The van der Waals surface area contributed by atoms with Crippen LogP contribution in [0, 0.1) is 0 Å². The van der Waals surface area contributed by atoms with Gasteiger partial charge >= 0.3 is 0 Å². The molecule has 0 radical (unpaired) electrons. The number of benzene rings is 1. The predicted octanol–water partition coefficient (Wildman–Crippen LogP) is 1.64. The molecule has 1 atom stereocenters. The number of hydrogen-bond acceptors (Lipinski definition) is 4. The first-order valence-electron chi connectivity index (χ1n) is 6.28. The lowest BCUT2D eigenvalue weighted by atomic mass is 10.2. The summed E-state index contributed by atoms with van der Waals surface area (Å²) in [7, 11) is 0. The third-order valence-corrected chi connectivity index (χ3v) is 3.65. The molecule has 5 heteroatoms. The van der Waals surface area contributed by atoms with Crippen LogP contribution in [0.1, 0.15) is 12.0 Å². The monoisotopic (exact) mass is 268 g/mol. The first-order valence-corrected chi connectivity index (χ1v) is 6.66. The highest BCUT2D eigenvalue weighted by Gasteiger charge is 2.21. The molecule has 1 fully saturated rings. The van der Waals surface area contributed by atoms with E-state index < -0.39 is 0 Å². The van der Waals surface area contributed by atoms with Crippen LogP contribution < -0.4 is 15.2 Å². The molecule has 1 saturated heterocycles. The van der Waals surface area contributed by atoms with Crippen molar-refractivity contribution < 1.29 is 9.47 Å². The van der Waals surface area contributed by atoms with Gasteiger partial charge in [0.25, 0.3) is 0 Å². The van der Waals surface area contributed by atoms with Gasteiger partial charge in [-0.25, -0.2) is 0 Å². The van der Waals surface area contributed by atoms with E-state index in [2.05, 4.69) is 4.90 Å². The number of nitrogens with two attached hydrogens (primary N) is 1. The molecule has 1 aromatic rings. The quantitative estimate of drug-likeness (QED) is 0.886. The summed E-state index contributed by atoms with van der Waals surface area (Å²) in [5.41, 5.74) is 7.06. The molecule has 0 saturated carbocycles. The first-order chi connectivity index (χ1) is 8.72. The third-order valence-electron chi connectivity index (χ3n) is 3.37. The second-order valence-corrected chi connectivity index (χ2v) is 5.29. The highest BCUT2D eigenvalue weighted by Crippen LogP contribution is 2.38. The second kappa shape index (κ2) is 4.96. The van der Waals surface area contributed by atoms with Crippen LogP contribution >= 0.6 is 11.6 Å². The lowest BCUT2D eigenvalue weighted by molar-refractivity contribution is 0.171. The number of rotatable bonds is 2. The van der Waals surface area contributed by atoms with Gasteiger partial charge in [-0.2, -0.15) is 0 Å². The Labute approximate surface area is 112 Å². The van der Waals surface area contributed by atoms with E-state index in [0.717, 1.165) is 37.4 Å². The van der Waals surface area contributed by atoms with E-state index in [4.69, 9.17) is 26.8 Å². The predicted molar refractivity (Wildman–Crippen MR) is 70.3 cm³/mol. The average molecular weight is 269 g/mol. The summed E-state index contributed by atoms with van der Waals surface area (Å²) in [4.78, 5) is 2.34. The minimum absolute atomic E-state index is 0.303. The van der Waals surface area contributed by atoms with Crippen molar-refractivity contribution in [3.05, 3.63) is 22.7 Å². The zero-order chi connectivity index (χ0) is 12.5. The lowest BCUT2D eigenvalue weighted by Gasteiger charge is -2.22. The summed E-state index contributed by atoms with van der Waals surface area (Å²) in [5, 5.41) is 0.630. The van der Waals surface area contributed by atoms with Crippen molar-refractivity contribution in [1.29, 1.82) is 0 Å². The molecular weight excluding hydrogens is 252 g/mol. The molecule has 0 bridgehead atoms. The lowest BCUT2D eigenvalue weighted by Crippen LogP contribution is -2.26. The van der Waals surface area contributed by atoms with Crippen LogP contribution in [0.25, 0.3) is 0 Å². The molecule has 0 aromatic heterocycles. The summed E-state index contributed by atoms with van der Waals surface area (Å²) >= 11 is 6.21. The molecule has 0 spiro atoms. The normalized spacial score (nSPS) is 23.3. The van der Waals surface area contributed by atoms with Gasteiger partial charge in [0, 0.05) is 25.7 Å². The summed E-state index contributed by atoms with van der Waals surface area (Å²) in [6.07, 6.45) is 1.07. The van der Waals surface area contributed by atoms with E-state index in [0.29, 0.717) is 30.0 Å². The number of hydrogen-bond donors (Lipinski definition) is 1. The van der Waals surface area contributed by atoms with Crippen molar-refractivity contribution >= 4 is 11.6 Å². The highest BCUT2D eigenvalue weighted by molar-refractivity contribution is 6.32. The van der Waals surface area contributed by atoms with Crippen LogP contribution in [0.3, 0.4) is 0 Å². The zero-order valence-corrected chi connectivity index (χ0v) is 10.9. The van der Waals surface area contributed by atoms with Crippen LogP contribution in [0.2, 0.25) is 5.02 Å². The number of ether oxygens (including phenoxy) is 2. The molecule has 0 aliphatic carbocycles. The molecule has 2 N–H and O–H groups in total. The SMILES string of the molecule is NC1CCN(Cc2cc(Cl)c3c(c2)OCCO3)C1. The Bertz CT molecular complexity index is 453. The van der Waals surface area contributed by atoms with Crippen molar-refractivity contribution in [1.82, 2.24) is 4.90 Å². The fraction of sp³-hybridized carbons (Fsp3) is 0.538. The fourth-order valence-electron chi connectivity index (χ4n) is 2.52. The summed E-state index contributed by atoms with van der Waals surface area (Å²) in [6, 6.07) is 4.28. The van der Waals surface area contributed by atoms with Gasteiger partial charge in [-0.05, 0) is 24.1 Å². The van der Waals surface area contributed by atoms with Gasteiger partial charge in [-0.3, -0.25) is 4.90 Å². The minimum atomic E-state index is 0.303. The largest absolute Gasteiger partial charge is 0.486 e. The molecular formula is C13H17ClN2O2. The summed E-state index contributed by atoms with van der Waals surface area (Å²) in [5.74, 6) is 1.43. The maximum atomic E-state index is 6.21. The van der Waals surface area contributed by atoms with E-state index in [1.165, 1.54) is 0 Å². The summed E-state index contributed by atoms with van der Waals surface area (Å²) < 4.78 is 11.1. The molecule has 1 aromatic carbocycles. The Morgan fingerprint density at radius 2 is 2.17 bits per heavy atom. The average Bonchev–Trinajstić information content (AvgIpc) is 2.75. The number of halogens is 1. The van der Waals surface area contributed by atoms with E-state index in [9.17, 15) is 0 Å². The molecule has 4 nitrogen and oxygen atoms in total. The zero-order valence-electron chi connectivity index (χ0n) is 10.2. The molecule has 2 heterocycles. The first kappa shape index (κ1) is 12.1. The smallest absolute Gasteiger partial charge is 0.179 e. The Morgan fingerprint density at radius 1 is 1.33 bits per heavy atom. The number of likely N-dealkylation sites (tertiary alicyclic amines) is 1. The highest BCUT2D eigenvalue weighted by atomic mass is 35.5. The van der Waals surface area contributed by atoms with Crippen LogP contribution in [0.4, 0.5) is 0 Å². The minimum Gasteiger partial charge on any atom is -0.486 e. The van der Waals surface area contributed by atoms with E-state index in [1.54, 1.807) is 0 Å². The topological polar surface area (TPSA) is 47.7 Å². The molecule has 1 unspecified atom stereocenters. The molecule has 18 heavy (non-hydrogen) atoms. The summed E-state index contributed by atoms with van der Waals surface area (Å²) in [6.45, 7) is 4.01. The van der Waals surface area contributed by atoms with Crippen molar-refractivity contribution in [2.45, 2.75) is 19.0 Å². The Balaban J connectivity index is 1.78. The molecule has 3 rings (SSSR count). The Hall–Kier alpha value is -0.970. The maximum Gasteiger partial charge on any atom is 0.179 e. The van der Waals surface area contributed by atoms with E-state index in [-0.39, 0.29) is 0 Å². The fourth-order valence-corrected chi connectivity index (χ4v) is 2.81. The van der Waals surface area contributed by atoms with Crippen molar-refractivity contribution in [3.63, 3.8) is 0 Å². The Morgan fingerprint density at radius 3 is 2.94 bits per heavy atom. The van der Waals surface area contributed by atoms with Crippen LogP contribution in [0.15, 0.2) is 12.1 Å². The van der Waals surface area contributed by atoms with Gasteiger partial charge in [-0.15, -0.1) is 0 Å². The van der Waals surface area contributed by atoms with Gasteiger partial charge < -0.3 is 15.2 Å². The van der Waals surface area contributed by atoms with E-state index in [1.807, 2.05) is 12.1 Å². The van der Waals surface area contributed by atoms with Crippen LogP contribution in [0.5, 0.6) is 11.5 Å². The molecule has 2 aliphatic heterocycles. The van der Waals surface area contributed by atoms with Crippen molar-refractivity contribution in [2.24, 2.45) is 5.73 Å². The standard InChI is InChI=1S/C13H17ClN2O2/c14-11-5-9(7-16-2-1-10(15)8-16)6-12-13(11)18-4-3-17-12/h5-6,10H,1-4,7-8,15H2. The third kappa shape index (κ3) is 2.41. The Kier molecular flexibility index (Phi) is 3.33. The maximum absolute atomic E-state index is 6.21. The second-order valence-electron chi connectivity index (χ2n) is 4.89. The van der Waals surface area contributed by atoms with Crippen LogP contribution in [-0.4, -0.2) is 37.2 Å². The van der Waals surface area contributed by atoms with Gasteiger partial charge in [-0.1, -0.05) is 11.6 Å².